The molecule has 1 fully saturated rings. The number of fused-ring (bicyclic) bond motifs is 1. The lowest BCUT2D eigenvalue weighted by Gasteiger charge is -2.33. The Labute approximate surface area is 220 Å². The van der Waals surface area contributed by atoms with Gasteiger partial charge in [0.1, 0.15) is 6.07 Å². The smallest absolute Gasteiger partial charge is 0.416 e. The molecule has 0 unspecified atom stereocenters. The van der Waals surface area contributed by atoms with E-state index in [-0.39, 0.29) is 33.5 Å². The molecule has 0 radical (unpaired) electrons. The quantitative estimate of drug-likeness (QED) is 0.154. The number of carboxylic acid groups (broad SMARTS) is 1. The number of nitrogens with zero attached hydrogens (tertiary/aromatic N) is 2. The van der Waals surface area contributed by atoms with Gasteiger partial charge in [0.05, 0.1) is 22.0 Å². The third kappa shape index (κ3) is 4.93. The molecular weight excluding hydrogens is 510 g/mol. The molecule has 9 heteroatoms. The summed E-state index contributed by atoms with van der Waals surface area (Å²) in [6.07, 6.45) is -0.0807. The minimum Gasteiger partial charge on any atom is -0.478 e. The van der Waals surface area contributed by atoms with Gasteiger partial charge in [-0.3, -0.25) is 5.10 Å². The first-order valence-corrected chi connectivity index (χ1v) is 12.2. The molecule has 196 valence electrons. The largest absolute Gasteiger partial charge is 0.478 e. The third-order valence-electron chi connectivity index (χ3n) is 6.98. The Balaban J connectivity index is 1.87. The summed E-state index contributed by atoms with van der Waals surface area (Å²) in [6, 6.07) is 17.2. The Morgan fingerprint density at radius 1 is 1.05 bits per heavy atom. The molecule has 0 spiro atoms. The van der Waals surface area contributed by atoms with Crippen LogP contribution in [0, 0.1) is 23.2 Å². The first kappa shape index (κ1) is 25.9. The predicted molar refractivity (Wildman–Crippen MR) is 139 cm³/mol. The average molecular weight is 532 g/mol. The van der Waals surface area contributed by atoms with Crippen LogP contribution in [0.2, 0.25) is 0 Å². The maximum atomic E-state index is 14.7. The fourth-order valence-corrected chi connectivity index (χ4v) is 5.00. The lowest BCUT2D eigenvalue weighted by atomic mass is 9.71. The number of benzene rings is 3. The molecule has 1 heterocycles. The molecule has 0 amide bonds. The van der Waals surface area contributed by atoms with Crippen molar-refractivity contribution in [3.63, 3.8) is 0 Å². The zero-order valence-corrected chi connectivity index (χ0v) is 20.4. The number of hydrogen-bond acceptors (Lipinski definition) is 3. The molecule has 39 heavy (non-hydrogen) atoms. The minimum absolute atomic E-state index is 0.0104. The van der Waals surface area contributed by atoms with Crippen molar-refractivity contribution in [3.8, 4) is 6.07 Å². The van der Waals surface area contributed by atoms with Gasteiger partial charge in [-0.1, -0.05) is 55.0 Å². The molecule has 1 aliphatic rings. The zero-order chi connectivity index (χ0) is 27.7. The Morgan fingerprint density at radius 3 is 2.38 bits per heavy atom. The van der Waals surface area contributed by atoms with Crippen LogP contribution in [0.25, 0.3) is 28.1 Å². The number of alkyl halides is 3. The monoisotopic (exact) mass is 531 g/mol. The topological polar surface area (TPSA) is 89.8 Å². The van der Waals surface area contributed by atoms with Crippen molar-refractivity contribution in [2.45, 2.75) is 25.4 Å². The fourth-order valence-electron chi connectivity index (χ4n) is 5.00. The van der Waals surface area contributed by atoms with Crippen molar-refractivity contribution < 1.29 is 27.5 Å². The van der Waals surface area contributed by atoms with Crippen molar-refractivity contribution in [2.75, 3.05) is 0 Å². The lowest BCUT2D eigenvalue weighted by Crippen LogP contribution is -2.18. The van der Waals surface area contributed by atoms with E-state index < -0.39 is 23.7 Å². The van der Waals surface area contributed by atoms with Crippen LogP contribution in [0.15, 0.2) is 66.7 Å². The molecule has 1 saturated carbocycles. The second kappa shape index (κ2) is 10.2. The highest BCUT2D eigenvalue weighted by Crippen LogP contribution is 2.49. The summed E-state index contributed by atoms with van der Waals surface area (Å²) in [4.78, 5) is 10.9. The van der Waals surface area contributed by atoms with E-state index in [1.54, 1.807) is 36.4 Å². The van der Waals surface area contributed by atoms with E-state index in [9.17, 15) is 27.6 Å². The number of nitriles is 1. The number of carbonyl (C=O) groups is 1. The number of aromatic amines is 1. The molecule has 0 aliphatic heterocycles. The van der Waals surface area contributed by atoms with Crippen molar-refractivity contribution >= 4 is 34.1 Å². The molecule has 0 saturated heterocycles. The summed E-state index contributed by atoms with van der Waals surface area (Å²) in [5.74, 6) is -2.14. The summed E-state index contributed by atoms with van der Waals surface area (Å²) in [5.41, 5.74) is 1.60. The molecule has 1 aromatic heterocycles. The van der Waals surface area contributed by atoms with Crippen molar-refractivity contribution in [2.24, 2.45) is 5.92 Å². The Kier molecular flexibility index (Phi) is 6.79. The van der Waals surface area contributed by atoms with E-state index in [0.29, 0.717) is 35.1 Å². The summed E-state index contributed by atoms with van der Waals surface area (Å²) >= 11 is 0. The minimum atomic E-state index is -4.62. The van der Waals surface area contributed by atoms with Crippen LogP contribution in [-0.2, 0) is 11.0 Å². The summed E-state index contributed by atoms with van der Waals surface area (Å²) in [7, 11) is 0. The zero-order valence-electron chi connectivity index (χ0n) is 20.4. The van der Waals surface area contributed by atoms with Crippen LogP contribution in [0.3, 0.4) is 0 Å². The molecular formula is C30H21F4N3O2. The lowest BCUT2D eigenvalue weighted by molar-refractivity contribution is -0.137. The number of nitrogens with one attached hydrogen (secondary N) is 1. The number of H-pyrrole nitrogens is 1. The van der Waals surface area contributed by atoms with Gasteiger partial charge in [0, 0.05) is 11.6 Å². The number of aromatic nitrogens is 2. The van der Waals surface area contributed by atoms with Crippen LogP contribution in [-0.4, -0.2) is 21.3 Å². The van der Waals surface area contributed by atoms with Gasteiger partial charge in [-0.25, -0.2) is 4.79 Å². The molecule has 0 bridgehead atoms. The van der Waals surface area contributed by atoms with Crippen LogP contribution in [0.5, 0.6) is 0 Å². The highest BCUT2D eigenvalue weighted by molar-refractivity contribution is 6.04. The second-order valence-corrected chi connectivity index (χ2v) is 9.29. The summed E-state index contributed by atoms with van der Waals surface area (Å²) in [6.45, 7) is 0. The average Bonchev–Trinajstić information content (AvgIpc) is 3.26. The van der Waals surface area contributed by atoms with Crippen LogP contribution in [0.4, 0.5) is 17.6 Å². The van der Waals surface area contributed by atoms with Gasteiger partial charge in [0.2, 0.25) is 5.95 Å². The normalized spacial score (nSPS) is 14.7. The number of carboxylic acids is 1. The number of rotatable bonds is 6. The second-order valence-electron chi connectivity index (χ2n) is 9.29. The van der Waals surface area contributed by atoms with Crippen LogP contribution < -0.4 is 0 Å². The van der Waals surface area contributed by atoms with Crippen molar-refractivity contribution in [3.05, 3.63) is 106 Å². The maximum Gasteiger partial charge on any atom is 0.416 e. The van der Waals surface area contributed by atoms with Gasteiger partial charge in [-0.2, -0.15) is 27.9 Å². The molecule has 1 aliphatic carbocycles. The first-order valence-electron chi connectivity index (χ1n) is 12.2. The van der Waals surface area contributed by atoms with E-state index in [0.717, 1.165) is 18.6 Å². The van der Waals surface area contributed by atoms with E-state index >= 15 is 0 Å². The van der Waals surface area contributed by atoms with Crippen LogP contribution >= 0.6 is 0 Å². The Morgan fingerprint density at radius 2 is 1.77 bits per heavy atom. The van der Waals surface area contributed by atoms with Gasteiger partial charge < -0.3 is 5.11 Å². The molecule has 4 aromatic rings. The number of aliphatic carboxylic acids is 1. The van der Waals surface area contributed by atoms with Gasteiger partial charge in [0.15, 0.2) is 0 Å². The SMILES string of the molecule is N#Cc1c(C(=C(c2ccccc2C(F)(F)F)C2CCC2)c2ccc(C=CC(=O)O)cc2)ccc2n[nH]c(F)c12. The highest BCUT2D eigenvalue weighted by atomic mass is 19.4. The van der Waals surface area contributed by atoms with Crippen LogP contribution in [0.1, 0.15) is 52.6 Å². The van der Waals surface area contributed by atoms with Gasteiger partial charge in [0.25, 0.3) is 0 Å². The molecule has 2 N–H and O–H groups in total. The Hall–Kier alpha value is -4.71. The molecule has 0 atom stereocenters. The molecule has 3 aromatic carbocycles. The maximum absolute atomic E-state index is 14.7. The van der Waals surface area contributed by atoms with Gasteiger partial charge >= 0.3 is 12.1 Å². The fraction of sp³-hybridized carbons (Fsp3) is 0.167. The first-order chi connectivity index (χ1) is 18.7. The highest BCUT2D eigenvalue weighted by Gasteiger charge is 2.37. The number of halogens is 4. The van der Waals surface area contributed by atoms with Gasteiger partial charge in [-0.05, 0) is 64.8 Å². The van der Waals surface area contributed by atoms with E-state index in [1.807, 2.05) is 0 Å². The van der Waals surface area contributed by atoms with E-state index in [1.165, 1.54) is 24.3 Å². The van der Waals surface area contributed by atoms with E-state index in [4.69, 9.17) is 5.11 Å². The molecule has 5 rings (SSSR count). The van der Waals surface area contributed by atoms with Crippen molar-refractivity contribution in [1.29, 1.82) is 5.26 Å². The standard InChI is InChI=1S/C30H21F4N3O2/c31-29-28-22(16-35)20(13-14-24(28)36-37-29)26(19-11-8-17(9-12-19)10-15-25(38)39)27(18-4-3-5-18)21-6-1-2-7-23(21)30(32,33)34/h1-2,6-15,18H,3-5H2,(H,36,37)(H,38,39). The number of hydrogen-bond donors (Lipinski definition) is 2. The van der Waals surface area contributed by atoms with E-state index in [2.05, 4.69) is 16.3 Å². The summed E-state index contributed by atoms with van der Waals surface area (Å²) < 4.78 is 57.4. The van der Waals surface area contributed by atoms with Gasteiger partial charge in [-0.15, -0.1) is 0 Å². The predicted octanol–water partition coefficient (Wildman–Crippen LogP) is 7.45. The summed E-state index contributed by atoms with van der Waals surface area (Å²) in [5, 5.41) is 25.2. The van der Waals surface area contributed by atoms with Crippen molar-refractivity contribution in [1.82, 2.24) is 10.2 Å². The molecule has 5 nitrogen and oxygen atoms in total. The third-order valence-corrected chi connectivity index (χ3v) is 6.98. The Bertz CT molecular complexity index is 1670. The number of allylic oxidation sites excluding steroid dienone is 1.